The van der Waals surface area contributed by atoms with Gasteiger partial charge in [0.1, 0.15) is 0 Å². The molecule has 0 aromatic carbocycles. The molecule has 98 valence electrons. The Labute approximate surface area is 109 Å². The van der Waals surface area contributed by atoms with Gasteiger partial charge in [-0.15, -0.1) is 0 Å². The Balaban J connectivity index is 2.19. The average molecular weight is 246 g/mol. The van der Waals surface area contributed by atoms with Crippen LogP contribution in [0, 0.1) is 27.7 Å². The molecule has 0 atom stereocenters. The van der Waals surface area contributed by atoms with Crippen LogP contribution in [-0.2, 0) is 20.6 Å². The van der Waals surface area contributed by atoms with Crippen LogP contribution in [0.25, 0.3) is 0 Å². The van der Waals surface area contributed by atoms with E-state index in [1.54, 1.807) is 0 Å². The number of nitrogens with one attached hydrogen (secondary N) is 1. The molecule has 0 unspecified atom stereocenters. The maximum atomic E-state index is 4.42. The van der Waals surface area contributed by atoms with Crippen LogP contribution in [0.15, 0.2) is 6.07 Å². The van der Waals surface area contributed by atoms with E-state index >= 15 is 0 Å². The van der Waals surface area contributed by atoms with Crippen LogP contribution in [0.5, 0.6) is 0 Å². The Morgan fingerprint density at radius 3 is 2.22 bits per heavy atom. The second kappa shape index (κ2) is 4.52. The molecule has 0 saturated heterocycles. The fourth-order valence-corrected chi connectivity index (χ4v) is 2.33. The predicted molar refractivity (Wildman–Crippen MR) is 74.9 cm³/mol. The van der Waals surface area contributed by atoms with Gasteiger partial charge < -0.3 is 9.88 Å². The molecule has 0 aliphatic heterocycles. The lowest BCUT2D eigenvalue weighted by atomic mass is 10.2. The number of hydrogen-bond donors (Lipinski definition) is 1. The van der Waals surface area contributed by atoms with E-state index in [1.165, 1.54) is 22.6 Å². The van der Waals surface area contributed by atoms with Crippen molar-refractivity contribution in [3.05, 3.63) is 34.4 Å². The van der Waals surface area contributed by atoms with Crippen molar-refractivity contribution < 1.29 is 0 Å². The summed E-state index contributed by atoms with van der Waals surface area (Å²) in [6.07, 6.45) is 0. The van der Waals surface area contributed by atoms with Crippen molar-refractivity contribution in [1.82, 2.24) is 14.3 Å². The minimum atomic E-state index is 0.848. The Hall–Kier alpha value is -1.71. The zero-order valence-corrected chi connectivity index (χ0v) is 12.1. The highest BCUT2D eigenvalue weighted by atomic mass is 15.3. The summed E-state index contributed by atoms with van der Waals surface area (Å²) < 4.78 is 4.14. The third kappa shape index (κ3) is 2.03. The number of aromatic nitrogens is 3. The molecule has 0 amide bonds. The second-order valence-corrected chi connectivity index (χ2v) is 4.98. The minimum Gasteiger partial charge on any atom is -0.378 e. The normalized spacial score (nSPS) is 11.0. The summed E-state index contributed by atoms with van der Waals surface area (Å²) in [6.45, 7) is 9.27. The van der Waals surface area contributed by atoms with Gasteiger partial charge in [0.25, 0.3) is 0 Å². The fourth-order valence-electron chi connectivity index (χ4n) is 2.33. The average Bonchev–Trinajstić information content (AvgIpc) is 2.70. The first-order chi connectivity index (χ1) is 8.41. The molecule has 0 spiro atoms. The molecule has 4 nitrogen and oxygen atoms in total. The monoisotopic (exact) mass is 246 g/mol. The molecular formula is C14H22N4. The van der Waals surface area contributed by atoms with E-state index in [2.05, 4.69) is 48.9 Å². The highest BCUT2D eigenvalue weighted by molar-refractivity contribution is 5.52. The highest BCUT2D eigenvalue weighted by Gasteiger charge is 2.10. The largest absolute Gasteiger partial charge is 0.378 e. The molecule has 0 fully saturated rings. The summed E-state index contributed by atoms with van der Waals surface area (Å²) in [4.78, 5) is 0. The van der Waals surface area contributed by atoms with E-state index in [-0.39, 0.29) is 0 Å². The van der Waals surface area contributed by atoms with Crippen molar-refractivity contribution in [3.8, 4) is 0 Å². The number of nitrogens with zero attached hydrogens (tertiary/aromatic N) is 3. The molecule has 18 heavy (non-hydrogen) atoms. The highest BCUT2D eigenvalue weighted by Crippen LogP contribution is 2.21. The summed E-state index contributed by atoms with van der Waals surface area (Å²) in [5.74, 6) is 0. The standard InChI is InChI=1S/C14H22N4/c1-9-7-13(11(3)17(9)5)8-15-14-10(2)16-18(6)12(14)4/h7,15H,8H2,1-6H3. The third-order valence-electron chi connectivity index (χ3n) is 3.84. The molecule has 2 aromatic rings. The van der Waals surface area contributed by atoms with Crippen molar-refractivity contribution in [2.24, 2.45) is 14.1 Å². The Morgan fingerprint density at radius 2 is 1.78 bits per heavy atom. The van der Waals surface area contributed by atoms with Crippen molar-refractivity contribution in [3.63, 3.8) is 0 Å². The van der Waals surface area contributed by atoms with Crippen molar-refractivity contribution in [2.75, 3.05) is 5.32 Å². The lowest BCUT2D eigenvalue weighted by Crippen LogP contribution is -2.03. The van der Waals surface area contributed by atoms with Gasteiger partial charge in [0.2, 0.25) is 0 Å². The van der Waals surface area contributed by atoms with Gasteiger partial charge in [0.15, 0.2) is 0 Å². The number of anilines is 1. The maximum absolute atomic E-state index is 4.42. The van der Waals surface area contributed by atoms with Crippen molar-refractivity contribution >= 4 is 5.69 Å². The third-order valence-corrected chi connectivity index (χ3v) is 3.84. The van der Waals surface area contributed by atoms with E-state index in [9.17, 15) is 0 Å². The summed E-state index contributed by atoms with van der Waals surface area (Å²) in [7, 11) is 4.08. The van der Waals surface area contributed by atoms with E-state index in [0.29, 0.717) is 0 Å². The zero-order chi connectivity index (χ0) is 13.4. The van der Waals surface area contributed by atoms with Gasteiger partial charge in [0, 0.05) is 32.0 Å². The maximum Gasteiger partial charge on any atom is 0.0827 e. The number of rotatable bonds is 3. The molecule has 1 N–H and O–H groups in total. The summed E-state index contributed by atoms with van der Waals surface area (Å²) in [5.41, 5.74) is 7.34. The van der Waals surface area contributed by atoms with E-state index in [4.69, 9.17) is 0 Å². The van der Waals surface area contributed by atoms with Crippen LogP contribution < -0.4 is 5.32 Å². The molecule has 0 saturated carbocycles. The molecule has 2 heterocycles. The molecular weight excluding hydrogens is 224 g/mol. The summed E-state index contributed by atoms with van der Waals surface area (Å²) >= 11 is 0. The quantitative estimate of drug-likeness (QED) is 0.903. The van der Waals surface area contributed by atoms with Gasteiger partial charge >= 0.3 is 0 Å². The fraction of sp³-hybridized carbons (Fsp3) is 0.500. The van der Waals surface area contributed by atoms with E-state index in [0.717, 1.165) is 17.9 Å². The van der Waals surface area contributed by atoms with Crippen molar-refractivity contribution in [2.45, 2.75) is 34.2 Å². The van der Waals surface area contributed by atoms with Gasteiger partial charge in [0.05, 0.1) is 17.1 Å². The minimum absolute atomic E-state index is 0.848. The topological polar surface area (TPSA) is 34.8 Å². The first kappa shape index (κ1) is 12.7. The van der Waals surface area contributed by atoms with Gasteiger partial charge in [-0.25, -0.2) is 0 Å². The molecule has 0 aliphatic carbocycles. The molecule has 2 rings (SSSR count). The number of aryl methyl sites for hydroxylation is 3. The Bertz CT molecular complexity index is 575. The van der Waals surface area contributed by atoms with Crippen LogP contribution in [-0.4, -0.2) is 14.3 Å². The van der Waals surface area contributed by atoms with Crippen LogP contribution in [0.1, 0.15) is 28.3 Å². The van der Waals surface area contributed by atoms with E-state index in [1.807, 2.05) is 18.7 Å². The molecule has 0 radical (unpaired) electrons. The van der Waals surface area contributed by atoms with E-state index < -0.39 is 0 Å². The SMILES string of the molecule is Cc1nn(C)c(C)c1NCc1cc(C)n(C)c1C. The summed E-state index contributed by atoms with van der Waals surface area (Å²) in [6, 6.07) is 2.24. The zero-order valence-electron chi connectivity index (χ0n) is 12.1. The lowest BCUT2D eigenvalue weighted by Gasteiger charge is -2.07. The van der Waals surface area contributed by atoms with Gasteiger partial charge in [-0.3, -0.25) is 4.68 Å². The van der Waals surface area contributed by atoms with Gasteiger partial charge in [-0.2, -0.15) is 5.10 Å². The van der Waals surface area contributed by atoms with Crippen LogP contribution in [0.3, 0.4) is 0 Å². The van der Waals surface area contributed by atoms with Crippen LogP contribution >= 0.6 is 0 Å². The first-order valence-electron chi connectivity index (χ1n) is 6.27. The van der Waals surface area contributed by atoms with Crippen molar-refractivity contribution in [1.29, 1.82) is 0 Å². The first-order valence-corrected chi connectivity index (χ1v) is 6.27. The van der Waals surface area contributed by atoms with Gasteiger partial charge in [-0.1, -0.05) is 0 Å². The molecule has 2 aromatic heterocycles. The van der Waals surface area contributed by atoms with Crippen LogP contribution in [0.2, 0.25) is 0 Å². The Kier molecular flexibility index (Phi) is 3.20. The molecule has 4 heteroatoms. The van der Waals surface area contributed by atoms with Gasteiger partial charge in [-0.05, 0) is 39.3 Å². The predicted octanol–water partition coefficient (Wildman–Crippen LogP) is 2.60. The smallest absolute Gasteiger partial charge is 0.0827 e. The van der Waals surface area contributed by atoms with Crippen LogP contribution in [0.4, 0.5) is 5.69 Å². The molecule has 0 bridgehead atoms. The Morgan fingerprint density at radius 1 is 1.11 bits per heavy atom. The lowest BCUT2D eigenvalue weighted by molar-refractivity contribution is 0.731. The molecule has 0 aliphatic rings. The number of hydrogen-bond acceptors (Lipinski definition) is 2. The second-order valence-electron chi connectivity index (χ2n) is 4.98. The summed E-state index contributed by atoms with van der Waals surface area (Å²) in [5, 5.41) is 7.92.